The number of hydrogen-bond donors (Lipinski definition) is 1. The Morgan fingerprint density at radius 1 is 1.21 bits per heavy atom. The van der Waals surface area contributed by atoms with E-state index in [1.165, 1.54) is 13.2 Å². The average molecular weight is 263 g/mol. The number of nitrogens with one attached hydrogen (secondary N) is 1. The fourth-order valence-corrected chi connectivity index (χ4v) is 1.55. The van der Waals surface area contributed by atoms with Gasteiger partial charge in [-0.3, -0.25) is 9.59 Å². The molecule has 1 aromatic carbocycles. The van der Waals surface area contributed by atoms with E-state index in [9.17, 15) is 14.4 Å². The molecule has 0 fully saturated rings. The molecule has 0 aromatic heterocycles. The van der Waals surface area contributed by atoms with E-state index in [1.54, 1.807) is 18.2 Å². The second kappa shape index (κ2) is 7.31. The lowest BCUT2D eigenvalue weighted by molar-refractivity contribution is -0.118. The number of amides is 1. The van der Waals surface area contributed by atoms with Gasteiger partial charge in [0, 0.05) is 12.0 Å². The van der Waals surface area contributed by atoms with Crippen LogP contribution in [0.3, 0.4) is 0 Å². The van der Waals surface area contributed by atoms with Crippen LogP contribution in [0.15, 0.2) is 24.3 Å². The minimum Gasteiger partial charge on any atom is -0.465 e. The number of ether oxygens (including phenoxy) is 1. The van der Waals surface area contributed by atoms with Crippen LogP contribution in [0.2, 0.25) is 0 Å². The summed E-state index contributed by atoms with van der Waals surface area (Å²) in [5, 5.41) is 2.53. The van der Waals surface area contributed by atoms with Gasteiger partial charge in [0.25, 0.3) is 5.91 Å². The maximum absolute atomic E-state index is 11.8. The molecule has 0 radical (unpaired) electrons. The van der Waals surface area contributed by atoms with Crippen molar-refractivity contribution < 1.29 is 19.1 Å². The highest BCUT2D eigenvalue weighted by Crippen LogP contribution is 2.06. The third kappa shape index (κ3) is 4.54. The molecular weight excluding hydrogens is 246 g/mol. The lowest BCUT2D eigenvalue weighted by Gasteiger charge is -2.05. The molecule has 0 spiro atoms. The Labute approximate surface area is 111 Å². The van der Waals surface area contributed by atoms with Crippen molar-refractivity contribution in [1.29, 1.82) is 0 Å². The van der Waals surface area contributed by atoms with Crippen LogP contribution in [0.1, 0.15) is 40.5 Å². The molecule has 0 saturated carbocycles. The zero-order valence-corrected chi connectivity index (χ0v) is 11.1. The van der Waals surface area contributed by atoms with Crippen molar-refractivity contribution in [2.45, 2.75) is 19.8 Å². The first-order valence-corrected chi connectivity index (χ1v) is 6.06. The summed E-state index contributed by atoms with van der Waals surface area (Å²) in [6, 6.07) is 6.16. The largest absolute Gasteiger partial charge is 0.465 e. The second-order valence-electron chi connectivity index (χ2n) is 4.04. The summed E-state index contributed by atoms with van der Waals surface area (Å²) in [4.78, 5) is 34.4. The zero-order chi connectivity index (χ0) is 14.3. The van der Waals surface area contributed by atoms with Gasteiger partial charge in [-0.05, 0) is 24.6 Å². The molecule has 0 atom stereocenters. The minimum atomic E-state index is -0.503. The fraction of sp³-hybridized carbons (Fsp3) is 0.357. The molecule has 1 aromatic rings. The van der Waals surface area contributed by atoms with Crippen LogP contribution in [-0.4, -0.2) is 31.3 Å². The van der Waals surface area contributed by atoms with Crippen LogP contribution < -0.4 is 5.32 Å². The summed E-state index contributed by atoms with van der Waals surface area (Å²) in [5.41, 5.74) is 0.627. The molecule has 102 valence electrons. The number of Topliss-reactive ketones (excluding diaryl/α,β-unsaturated/α-hetero) is 1. The van der Waals surface area contributed by atoms with Gasteiger partial charge in [-0.1, -0.05) is 13.0 Å². The number of ketones is 1. The maximum atomic E-state index is 11.8. The van der Waals surface area contributed by atoms with E-state index in [-0.39, 0.29) is 18.2 Å². The van der Waals surface area contributed by atoms with Gasteiger partial charge in [-0.2, -0.15) is 0 Å². The van der Waals surface area contributed by atoms with Gasteiger partial charge in [0.1, 0.15) is 0 Å². The van der Waals surface area contributed by atoms with Crippen LogP contribution in [-0.2, 0) is 9.53 Å². The third-order valence-electron chi connectivity index (χ3n) is 2.52. The van der Waals surface area contributed by atoms with Crippen molar-refractivity contribution >= 4 is 17.7 Å². The van der Waals surface area contributed by atoms with E-state index in [2.05, 4.69) is 10.1 Å². The van der Waals surface area contributed by atoms with Crippen molar-refractivity contribution in [2.24, 2.45) is 0 Å². The van der Waals surface area contributed by atoms with Crippen molar-refractivity contribution in [3.8, 4) is 0 Å². The van der Waals surface area contributed by atoms with E-state index in [0.29, 0.717) is 17.5 Å². The summed E-state index contributed by atoms with van der Waals surface area (Å²) in [6.07, 6.45) is 1.20. The van der Waals surface area contributed by atoms with Gasteiger partial charge in [0.15, 0.2) is 5.78 Å². The highest BCUT2D eigenvalue weighted by molar-refractivity contribution is 5.99. The van der Waals surface area contributed by atoms with E-state index < -0.39 is 5.97 Å². The van der Waals surface area contributed by atoms with E-state index in [0.717, 1.165) is 6.42 Å². The fourth-order valence-electron chi connectivity index (χ4n) is 1.55. The molecule has 5 heteroatoms. The van der Waals surface area contributed by atoms with E-state index >= 15 is 0 Å². The lowest BCUT2D eigenvalue weighted by Crippen LogP contribution is -2.29. The Bertz CT molecular complexity index is 482. The number of methoxy groups -OCH3 is 1. The predicted molar refractivity (Wildman–Crippen MR) is 70.0 cm³/mol. The second-order valence-corrected chi connectivity index (χ2v) is 4.04. The predicted octanol–water partition coefficient (Wildman–Crippen LogP) is 1.57. The number of benzene rings is 1. The molecule has 0 aliphatic heterocycles. The lowest BCUT2D eigenvalue weighted by atomic mass is 10.1. The molecular formula is C14H17NO4. The summed E-state index contributed by atoms with van der Waals surface area (Å²) >= 11 is 0. The first-order chi connectivity index (χ1) is 9.08. The number of hydrogen-bond acceptors (Lipinski definition) is 4. The quantitative estimate of drug-likeness (QED) is 0.791. The van der Waals surface area contributed by atoms with Crippen molar-refractivity contribution in [3.05, 3.63) is 35.4 Å². The van der Waals surface area contributed by atoms with Gasteiger partial charge in [0.2, 0.25) is 0 Å². The van der Waals surface area contributed by atoms with Crippen LogP contribution in [0.25, 0.3) is 0 Å². The molecule has 1 rings (SSSR count). The van der Waals surface area contributed by atoms with Gasteiger partial charge in [-0.15, -0.1) is 0 Å². The maximum Gasteiger partial charge on any atom is 0.337 e. The molecule has 0 saturated heterocycles. The van der Waals surface area contributed by atoms with Crippen molar-refractivity contribution in [2.75, 3.05) is 13.7 Å². The molecule has 5 nitrogen and oxygen atoms in total. The molecule has 1 amide bonds. The van der Waals surface area contributed by atoms with Crippen molar-refractivity contribution in [1.82, 2.24) is 5.32 Å². The Kier molecular flexibility index (Phi) is 5.73. The monoisotopic (exact) mass is 263 g/mol. The molecule has 0 aliphatic carbocycles. The Morgan fingerprint density at radius 3 is 2.53 bits per heavy atom. The topological polar surface area (TPSA) is 72.5 Å². The van der Waals surface area contributed by atoms with E-state index in [1.807, 2.05) is 6.92 Å². The molecule has 0 aliphatic rings. The van der Waals surface area contributed by atoms with Gasteiger partial charge in [0.05, 0.1) is 19.2 Å². The first-order valence-electron chi connectivity index (χ1n) is 6.06. The van der Waals surface area contributed by atoms with Gasteiger partial charge >= 0.3 is 5.97 Å². The average Bonchev–Trinajstić information content (AvgIpc) is 2.44. The Morgan fingerprint density at radius 2 is 1.89 bits per heavy atom. The highest BCUT2D eigenvalue weighted by atomic mass is 16.5. The van der Waals surface area contributed by atoms with Crippen LogP contribution in [0, 0.1) is 0 Å². The first kappa shape index (κ1) is 14.9. The van der Waals surface area contributed by atoms with Crippen molar-refractivity contribution in [3.63, 3.8) is 0 Å². The minimum absolute atomic E-state index is 0.00905. The summed E-state index contributed by atoms with van der Waals surface area (Å²) in [5.74, 6) is -0.896. The van der Waals surface area contributed by atoms with Gasteiger partial charge < -0.3 is 10.1 Å². The molecule has 1 N–H and O–H groups in total. The van der Waals surface area contributed by atoms with Crippen LogP contribution in [0.4, 0.5) is 0 Å². The summed E-state index contributed by atoms with van der Waals surface area (Å²) in [7, 11) is 1.28. The molecule has 19 heavy (non-hydrogen) atoms. The molecule has 0 unspecified atom stereocenters. The van der Waals surface area contributed by atoms with E-state index in [4.69, 9.17) is 0 Å². The smallest absolute Gasteiger partial charge is 0.337 e. The SMILES string of the molecule is CCCC(=O)CNC(=O)c1cccc(C(=O)OC)c1. The Hall–Kier alpha value is -2.17. The molecule has 0 heterocycles. The van der Waals surface area contributed by atoms with Crippen LogP contribution in [0.5, 0.6) is 0 Å². The number of esters is 1. The normalized spacial score (nSPS) is 9.79. The standard InChI is InChI=1S/C14H17NO4/c1-3-5-12(16)9-15-13(17)10-6-4-7-11(8-10)14(18)19-2/h4,6-8H,3,5,9H2,1-2H3,(H,15,17). The molecule has 0 bridgehead atoms. The van der Waals surface area contributed by atoms with Crippen LogP contribution >= 0.6 is 0 Å². The highest BCUT2D eigenvalue weighted by Gasteiger charge is 2.11. The number of rotatable bonds is 6. The summed E-state index contributed by atoms with van der Waals surface area (Å²) in [6.45, 7) is 1.91. The zero-order valence-electron chi connectivity index (χ0n) is 11.1. The number of carbonyl (C=O) groups excluding carboxylic acids is 3. The summed E-state index contributed by atoms with van der Waals surface area (Å²) < 4.78 is 4.58. The Balaban J connectivity index is 2.67. The van der Waals surface area contributed by atoms with Gasteiger partial charge in [-0.25, -0.2) is 4.79 Å². The number of carbonyl (C=O) groups is 3. The third-order valence-corrected chi connectivity index (χ3v) is 2.52.